The van der Waals surface area contributed by atoms with Crippen molar-refractivity contribution < 1.29 is 9.47 Å². The lowest BCUT2D eigenvalue weighted by Crippen LogP contribution is -2.08. The monoisotopic (exact) mass is 392 g/mol. The van der Waals surface area contributed by atoms with Gasteiger partial charge in [-0.2, -0.15) is 0 Å². The van der Waals surface area contributed by atoms with Gasteiger partial charge in [0.05, 0.1) is 39.5 Å². The Hall–Kier alpha value is -1.72. The van der Waals surface area contributed by atoms with Crippen molar-refractivity contribution in [3.05, 3.63) is 69.7 Å². The van der Waals surface area contributed by atoms with Crippen LogP contribution in [-0.2, 0) is 9.47 Å². The summed E-state index contributed by atoms with van der Waals surface area (Å²) in [4.78, 5) is 8.60. The average Bonchev–Trinajstić information content (AvgIpc) is 2.65. The van der Waals surface area contributed by atoms with Gasteiger partial charge in [0, 0.05) is 22.5 Å². The van der Waals surface area contributed by atoms with Crippen molar-refractivity contribution in [3.8, 4) is 0 Å². The number of hydrogen-bond acceptors (Lipinski definition) is 4. The summed E-state index contributed by atoms with van der Waals surface area (Å²) in [5, 5.41) is 1.45. The minimum Gasteiger partial charge on any atom is -0.377 e. The standard InChI is InChI=1S/C20H22Cl2N2O2/c21-19-5-1-17(2-6-19)15-23-9-11-25-13-14-26-12-10-24-16-18-3-7-20(22)8-4-18/h1-8,15-16H,9-14H2. The van der Waals surface area contributed by atoms with Crippen LogP contribution in [0.2, 0.25) is 10.0 Å². The molecule has 0 aliphatic heterocycles. The lowest BCUT2D eigenvalue weighted by molar-refractivity contribution is 0.0541. The third kappa shape index (κ3) is 9.11. The molecule has 0 heterocycles. The Morgan fingerprint density at radius 2 is 1.00 bits per heavy atom. The van der Waals surface area contributed by atoms with Crippen LogP contribution < -0.4 is 0 Å². The normalized spacial score (nSPS) is 11.6. The second kappa shape index (κ2) is 12.6. The first-order valence-corrected chi connectivity index (χ1v) is 9.16. The van der Waals surface area contributed by atoms with Gasteiger partial charge in [-0.25, -0.2) is 0 Å². The van der Waals surface area contributed by atoms with Gasteiger partial charge in [0.15, 0.2) is 0 Å². The second-order valence-electron chi connectivity index (χ2n) is 5.40. The van der Waals surface area contributed by atoms with Crippen molar-refractivity contribution in [1.29, 1.82) is 0 Å². The molecule has 2 aromatic carbocycles. The summed E-state index contributed by atoms with van der Waals surface area (Å²) in [6, 6.07) is 15.1. The third-order valence-corrected chi connectivity index (χ3v) is 3.83. The predicted octanol–water partition coefficient (Wildman–Crippen LogP) is 4.56. The molecule has 0 fully saturated rings. The Bertz CT molecular complexity index is 624. The number of nitrogens with zero attached hydrogens (tertiary/aromatic N) is 2. The van der Waals surface area contributed by atoms with Crippen molar-refractivity contribution in [1.82, 2.24) is 0 Å². The lowest BCUT2D eigenvalue weighted by Gasteiger charge is -2.03. The van der Waals surface area contributed by atoms with Gasteiger partial charge >= 0.3 is 0 Å². The summed E-state index contributed by atoms with van der Waals surface area (Å²) in [6.07, 6.45) is 3.63. The first-order chi connectivity index (χ1) is 12.7. The number of aliphatic imine (C=N–C) groups is 2. The van der Waals surface area contributed by atoms with Gasteiger partial charge in [-0.3, -0.25) is 9.98 Å². The first-order valence-electron chi connectivity index (χ1n) is 8.40. The molecule has 0 radical (unpaired) electrons. The molecule has 0 aromatic heterocycles. The molecule has 0 amide bonds. The highest BCUT2D eigenvalue weighted by atomic mass is 35.5. The quantitative estimate of drug-likeness (QED) is 0.415. The van der Waals surface area contributed by atoms with Crippen LogP contribution in [0.15, 0.2) is 58.5 Å². The summed E-state index contributed by atoms with van der Waals surface area (Å²) in [6.45, 7) is 3.49. The molecule has 0 saturated heterocycles. The van der Waals surface area contributed by atoms with Gasteiger partial charge in [0.2, 0.25) is 0 Å². The van der Waals surface area contributed by atoms with E-state index in [2.05, 4.69) is 9.98 Å². The van der Waals surface area contributed by atoms with E-state index in [0.29, 0.717) is 39.5 Å². The molecular weight excluding hydrogens is 371 g/mol. The molecule has 0 atom stereocenters. The maximum Gasteiger partial charge on any atom is 0.0701 e. The van der Waals surface area contributed by atoms with Crippen LogP contribution in [-0.4, -0.2) is 51.9 Å². The lowest BCUT2D eigenvalue weighted by atomic mass is 10.2. The van der Waals surface area contributed by atoms with Gasteiger partial charge in [0.25, 0.3) is 0 Å². The summed E-state index contributed by atoms with van der Waals surface area (Å²) in [5.74, 6) is 0. The molecule has 6 heteroatoms. The van der Waals surface area contributed by atoms with Gasteiger partial charge in [0.1, 0.15) is 0 Å². The van der Waals surface area contributed by atoms with E-state index in [1.165, 1.54) is 0 Å². The summed E-state index contributed by atoms with van der Waals surface area (Å²) in [7, 11) is 0. The Kier molecular flexibility index (Phi) is 9.98. The van der Waals surface area contributed by atoms with E-state index >= 15 is 0 Å². The van der Waals surface area contributed by atoms with Crippen molar-refractivity contribution in [3.63, 3.8) is 0 Å². The smallest absolute Gasteiger partial charge is 0.0701 e. The van der Waals surface area contributed by atoms with Crippen LogP contribution in [0.25, 0.3) is 0 Å². The van der Waals surface area contributed by atoms with Crippen LogP contribution >= 0.6 is 23.2 Å². The van der Waals surface area contributed by atoms with Crippen molar-refractivity contribution in [2.75, 3.05) is 39.5 Å². The maximum atomic E-state index is 5.83. The largest absolute Gasteiger partial charge is 0.377 e. The Morgan fingerprint density at radius 3 is 1.38 bits per heavy atom. The zero-order valence-corrected chi connectivity index (χ0v) is 16.0. The van der Waals surface area contributed by atoms with Crippen molar-refractivity contribution >= 4 is 35.6 Å². The fraction of sp³-hybridized carbons (Fsp3) is 0.300. The molecule has 2 aromatic rings. The molecule has 4 nitrogen and oxygen atoms in total. The summed E-state index contributed by atoms with van der Waals surface area (Å²) >= 11 is 11.7. The SMILES string of the molecule is Clc1ccc(C=NCCOCCOCCN=Cc2ccc(Cl)cc2)cc1. The van der Waals surface area contributed by atoms with Gasteiger partial charge in [-0.15, -0.1) is 0 Å². The van der Waals surface area contributed by atoms with E-state index in [1.807, 2.05) is 61.0 Å². The molecule has 0 N–H and O–H groups in total. The minimum absolute atomic E-state index is 0.553. The van der Waals surface area contributed by atoms with Crippen LogP contribution in [0.3, 0.4) is 0 Å². The highest BCUT2D eigenvalue weighted by Gasteiger charge is 1.91. The fourth-order valence-electron chi connectivity index (χ4n) is 1.99. The highest BCUT2D eigenvalue weighted by Crippen LogP contribution is 2.08. The van der Waals surface area contributed by atoms with Crippen LogP contribution in [0, 0.1) is 0 Å². The third-order valence-electron chi connectivity index (χ3n) is 3.32. The molecule has 0 spiro atoms. The number of hydrogen-bond donors (Lipinski definition) is 0. The molecule has 0 aliphatic rings. The molecule has 2 rings (SSSR count). The topological polar surface area (TPSA) is 43.2 Å². The Balaban J connectivity index is 1.43. The molecule has 0 saturated carbocycles. The average molecular weight is 393 g/mol. The number of benzene rings is 2. The fourth-order valence-corrected chi connectivity index (χ4v) is 2.25. The van der Waals surface area contributed by atoms with E-state index in [-0.39, 0.29) is 0 Å². The zero-order chi connectivity index (χ0) is 18.5. The molecule has 26 heavy (non-hydrogen) atoms. The van der Waals surface area contributed by atoms with E-state index < -0.39 is 0 Å². The van der Waals surface area contributed by atoms with Crippen LogP contribution in [0.4, 0.5) is 0 Å². The van der Waals surface area contributed by atoms with Crippen LogP contribution in [0.5, 0.6) is 0 Å². The zero-order valence-electron chi connectivity index (χ0n) is 14.5. The predicted molar refractivity (Wildman–Crippen MR) is 109 cm³/mol. The number of ether oxygens (including phenoxy) is 2. The van der Waals surface area contributed by atoms with E-state index in [0.717, 1.165) is 21.2 Å². The molecule has 0 bridgehead atoms. The van der Waals surface area contributed by atoms with Crippen molar-refractivity contribution in [2.45, 2.75) is 0 Å². The van der Waals surface area contributed by atoms with Gasteiger partial charge in [-0.1, -0.05) is 47.5 Å². The van der Waals surface area contributed by atoms with E-state index in [1.54, 1.807) is 0 Å². The van der Waals surface area contributed by atoms with Crippen LogP contribution in [0.1, 0.15) is 11.1 Å². The Labute approximate surface area is 164 Å². The molecule has 0 aliphatic carbocycles. The maximum absolute atomic E-state index is 5.83. The molecule has 0 unspecified atom stereocenters. The van der Waals surface area contributed by atoms with E-state index in [4.69, 9.17) is 32.7 Å². The summed E-state index contributed by atoms with van der Waals surface area (Å²) in [5.41, 5.74) is 2.05. The van der Waals surface area contributed by atoms with Gasteiger partial charge < -0.3 is 9.47 Å². The Morgan fingerprint density at radius 1 is 0.615 bits per heavy atom. The minimum atomic E-state index is 0.553. The van der Waals surface area contributed by atoms with Crippen molar-refractivity contribution in [2.24, 2.45) is 9.98 Å². The summed E-state index contributed by atoms with van der Waals surface area (Å²) < 4.78 is 10.9. The number of halogens is 2. The second-order valence-corrected chi connectivity index (χ2v) is 6.27. The molecule has 138 valence electrons. The van der Waals surface area contributed by atoms with E-state index in [9.17, 15) is 0 Å². The number of rotatable bonds is 11. The molecular formula is C20H22Cl2N2O2. The van der Waals surface area contributed by atoms with Gasteiger partial charge in [-0.05, 0) is 35.4 Å². The first kappa shape index (κ1) is 20.6. The highest BCUT2D eigenvalue weighted by molar-refractivity contribution is 6.30.